The van der Waals surface area contributed by atoms with Crippen LogP contribution < -0.4 is 5.56 Å². The molecule has 0 aliphatic rings. The van der Waals surface area contributed by atoms with Crippen molar-refractivity contribution < 1.29 is 9.09 Å². The quantitative estimate of drug-likeness (QED) is 0.770. The molecule has 0 aliphatic carbocycles. The summed E-state index contributed by atoms with van der Waals surface area (Å²) in [6.07, 6.45) is 1.62. The molecule has 1 atom stereocenters. The van der Waals surface area contributed by atoms with Gasteiger partial charge in [-0.25, -0.2) is 4.98 Å². The molecule has 0 fully saturated rings. The number of aromatic nitrogens is 2. The summed E-state index contributed by atoms with van der Waals surface area (Å²) in [4.78, 5) is 16.7. The van der Waals surface area contributed by atoms with Gasteiger partial charge in [0.15, 0.2) is 7.37 Å². The van der Waals surface area contributed by atoms with Crippen LogP contribution in [0.25, 0.3) is 11.0 Å². The minimum atomic E-state index is -2.54. The van der Waals surface area contributed by atoms with Crippen molar-refractivity contribution in [1.29, 1.82) is 0 Å². The molecule has 0 radical (unpaired) electrons. The Morgan fingerprint density at radius 3 is 2.76 bits per heavy atom. The topological polar surface area (TPSA) is 61.2 Å². The standard InChI is InChI=1S/C15H21N2O3P/c1-4-20-21(3,19)11-7-9-13-15(18)17(2)14-10-6-5-8-12(14)16-13/h5-6,8,10H,4,7,9,11H2,1-3H3. The van der Waals surface area contributed by atoms with Crippen molar-refractivity contribution >= 4 is 18.4 Å². The first kappa shape index (κ1) is 15.9. The van der Waals surface area contributed by atoms with Crippen LogP contribution >= 0.6 is 7.37 Å². The van der Waals surface area contributed by atoms with Gasteiger partial charge in [-0.3, -0.25) is 9.36 Å². The molecule has 0 saturated heterocycles. The highest BCUT2D eigenvalue weighted by Crippen LogP contribution is 2.42. The van der Waals surface area contributed by atoms with Gasteiger partial charge in [0.05, 0.1) is 17.6 Å². The summed E-state index contributed by atoms with van der Waals surface area (Å²) in [5.41, 5.74) is 2.06. The third-order valence-corrected chi connectivity index (χ3v) is 5.36. The highest BCUT2D eigenvalue weighted by atomic mass is 31.2. The zero-order chi connectivity index (χ0) is 15.5. The first-order chi connectivity index (χ1) is 9.94. The lowest BCUT2D eigenvalue weighted by molar-refractivity contribution is 0.336. The van der Waals surface area contributed by atoms with Gasteiger partial charge in [-0.05, 0) is 31.9 Å². The maximum atomic E-state index is 12.3. The van der Waals surface area contributed by atoms with Crippen LogP contribution in [0, 0.1) is 0 Å². The fraction of sp³-hybridized carbons (Fsp3) is 0.467. The Kier molecular flexibility index (Phi) is 4.96. The Morgan fingerprint density at radius 1 is 1.33 bits per heavy atom. The highest BCUT2D eigenvalue weighted by molar-refractivity contribution is 7.58. The highest BCUT2D eigenvalue weighted by Gasteiger charge is 2.15. The van der Waals surface area contributed by atoms with E-state index in [0.29, 0.717) is 31.3 Å². The number of rotatable bonds is 6. The Hall–Kier alpha value is -1.45. The summed E-state index contributed by atoms with van der Waals surface area (Å²) < 4.78 is 18.9. The number of benzene rings is 1. The molecule has 114 valence electrons. The molecule has 1 heterocycles. The third-order valence-electron chi connectivity index (χ3n) is 3.43. The van der Waals surface area contributed by atoms with E-state index in [-0.39, 0.29) is 5.56 Å². The monoisotopic (exact) mass is 308 g/mol. The minimum Gasteiger partial charge on any atom is -0.329 e. The van der Waals surface area contributed by atoms with Crippen molar-refractivity contribution in [2.75, 3.05) is 19.4 Å². The Morgan fingerprint density at radius 2 is 2.05 bits per heavy atom. The normalized spacial score (nSPS) is 14.2. The maximum absolute atomic E-state index is 12.3. The second kappa shape index (κ2) is 6.54. The Labute approximate surface area is 124 Å². The summed E-state index contributed by atoms with van der Waals surface area (Å²) in [7, 11) is -0.790. The van der Waals surface area contributed by atoms with Gasteiger partial charge >= 0.3 is 0 Å². The lowest BCUT2D eigenvalue weighted by Crippen LogP contribution is -2.23. The van der Waals surface area contributed by atoms with Crippen molar-refractivity contribution in [3.8, 4) is 0 Å². The SMILES string of the molecule is CCOP(C)(=O)CCCc1nc2ccccc2n(C)c1=O. The molecule has 5 nitrogen and oxygen atoms in total. The fourth-order valence-corrected chi connectivity index (χ4v) is 3.78. The lowest BCUT2D eigenvalue weighted by Gasteiger charge is -2.12. The Balaban J connectivity index is 2.18. The number of aryl methyl sites for hydroxylation is 2. The van der Waals surface area contributed by atoms with Crippen LogP contribution in [0.15, 0.2) is 29.1 Å². The van der Waals surface area contributed by atoms with Crippen molar-refractivity contribution in [3.63, 3.8) is 0 Å². The molecule has 0 saturated carbocycles. The second-order valence-corrected chi connectivity index (χ2v) is 7.90. The van der Waals surface area contributed by atoms with E-state index in [4.69, 9.17) is 4.52 Å². The average molecular weight is 308 g/mol. The van der Waals surface area contributed by atoms with E-state index in [1.807, 2.05) is 31.2 Å². The van der Waals surface area contributed by atoms with Gasteiger partial charge < -0.3 is 9.09 Å². The lowest BCUT2D eigenvalue weighted by atomic mass is 10.2. The van der Waals surface area contributed by atoms with Gasteiger partial charge in [0.2, 0.25) is 0 Å². The van der Waals surface area contributed by atoms with E-state index in [2.05, 4.69) is 4.98 Å². The van der Waals surface area contributed by atoms with Crippen LogP contribution in [0.1, 0.15) is 19.0 Å². The molecular weight excluding hydrogens is 287 g/mol. The maximum Gasteiger partial charge on any atom is 0.272 e. The summed E-state index contributed by atoms with van der Waals surface area (Å²) in [5, 5.41) is 0. The van der Waals surface area contributed by atoms with Crippen molar-refractivity contribution in [2.45, 2.75) is 19.8 Å². The smallest absolute Gasteiger partial charge is 0.272 e. The summed E-state index contributed by atoms with van der Waals surface area (Å²) in [6, 6.07) is 7.56. The number of para-hydroxylation sites is 2. The molecule has 1 aromatic heterocycles. The molecular formula is C15H21N2O3P. The number of nitrogens with zero attached hydrogens (tertiary/aromatic N) is 2. The molecule has 1 unspecified atom stereocenters. The van der Waals surface area contributed by atoms with Gasteiger partial charge in [-0.2, -0.15) is 0 Å². The molecule has 0 aliphatic heterocycles. The number of fused-ring (bicyclic) bond motifs is 1. The molecule has 0 bridgehead atoms. The van der Waals surface area contributed by atoms with Crippen LogP contribution in [0.3, 0.4) is 0 Å². The first-order valence-electron chi connectivity index (χ1n) is 7.10. The number of hydrogen-bond acceptors (Lipinski definition) is 4. The van der Waals surface area contributed by atoms with Gasteiger partial charge in [0.1, 0.15) is 5.69 Å². The van der Waals surface area contributed by atoms with Crippen LogP contribution in [0.2, 0.25) is 0 Å². The van der Waals surface area contributed by atoms with Crippen LogP contribution in [0.4, 0.5) is 0 Å². The predicted molar refractivity (Wildman–Crippen MR) is 85.3 cm³/mol. The van der Waals surface area contributed by atoms with Gasteiger partial charge in [-0.15, -0.1) is 0 Å². The largest absolute Gasteiger partial charge is 0.329 e. The Bertz CT molecular complexity index is 739. The van der Waals surface area contributed by atoms with Crippen molar-refractivity contribution in [3.05, 3.63) is 40.3 Å². The van der Waals surface area contributed by atoms with Crippen molar-refractivity contribution in [2.24, 2.45) is 7.05 Å². The molecule has 0 spiro atoms. The first-order valence-corrected chi connectivity index (χ1v) is 9.36. The molecule has 2 aromatic rings. The minimum absolute atomic E-state index is 0.0870. The molecule has 2 rings (SSSR count). The van der Waals surface area contributed by atoms with Crippen LogP contribution in [0.5, 0.6) is 0 Å². The van der Waals surface area contributed by atoms with Crippen LogP contribution in [-0.4, -0.2) is 29.0 Å². The van der Waals surface area contributed by atoms with E-state index in [9.17, 15) is 9.36 Å². The van der Waals surface area contributed by atoms with E-state index >= 15 is 0 Å². The summed E-state index contributed by atoms with van der Waals surface area (Å²) in [5.74, 6) is 0. The van der Waals surface area contributed by atoms with E-state index < -0.39 is 7.37 Å². The number of hydrogen-bond donors (Lipinski definition) is 0. The van der Waals surface area contributed by atoms with Crippen LogP contribution in [-0.2, 0) is 22.6 Å². The fourth-order valence-electron chi connectivity index (χ4n) is 2.37. The molecule has 6 heteroatoms. The summed E-state index contributed by atoms with van der Waals surface area (Å²) in [6.45, 7) is 3.92. The third kappa shape index (κ3) is 3.80. The zero-order valence-electron chi connectivity index (χ0n) is 12.7. The predicted octanol–water partition coefficient (Wildman–Crippen LogP) is 2.81. The van der Waals surface area contributed by atoms with Crippen molar-refractivity contribution in [1.82, 2.24) is 9.55 Å². The second-order valence-electron chi connectivity index (χ2n) is 5.17. The average Bonchev–Trinajstić information content (AvgIpc) is 2.44. The zero-order valence-corrected chi connectivity index (χ0v) is 13.6. The molecule has 1 aromatic carbocycles. The molecule has 21 heavy (non-hydrogen) atoms. The van der Waals surface area contributed by atoms with E-state index in [1.54, 1.807) is 18.3 Å². The summed E-state index contributed by atoms with van der Waals surface area (Å²) >= 11 is 0. The van der Waals surface area contributed by atoms with Gasteiger partial charge in [0, 0.05) is 19.9 Å². The van der Waals surface area contributed by atoms with Gasteiger partial charge in [0.25, 0.3) is 5.56 Å². The molecule has 0 amide bonds. The molecule has 0 N–H and O–H groups in total. The van der Waals surface area contributed by atoms with E-state index in [1.165, 1.54) is 0 Å². The van der Waals surface area contributed by atoms with E-state index in [0.717, 1.165) is 11.0 Å². The van der Waals surface area contributed by atoms with Gasteiger partial charge in [-0.1, -0.05) is 12.1 Å².